The van der Waals surface area contributed by atoms with Crippen molar-refractivity contribution in [1.29, 1.82) is 0 Å². The van der Waals surface area contributed by atoms with Crippen molar-refractivity contribution in [2.45, 2.75) is 6.54 Å². The van der Waals surface area contributed by atoms with Crippen LogP contribution in [0.25, 0.3) is 0 Å². The van der Waals surface area contributed by atoms with E-state index in [1.54, 1.807) is 0 Å². The summed E-state index contributed by atoms with van der Waals surface area (Å²) in [6.07, 6.45) is 1.13. The zero-order valence-electron chi connectivity index (χ0n) is 10.0. The molecule has 0 radical (unpaired) electrons. The molecule has 0 saturated carbocycles. The number of nitrogens with zero attached hydrogens (tertiary/aromatic N) is 2. The summed E-state index contributed by atoms with van der Waals surface area (Å²) >= 11 is 0. The van der Waals surface area contributed by atoms with E-state index in [1.165, 1.54) is 12.1 Å². The Hall–Kier alpha value is -3.10. The highest BCUT2D eigenvalue weighted by molar-refractivity contribution is 5.95. The van der Waals surface area contributed by atoms with Crippen LogP contribution in [0.3, 0.4) is 0 Å². The lowest BCUT2D eigenvalue weighted by atomic mass is 10.2. The Kier molecular flexibility index (Phi) is 3.80. The fraction of sp³-hybridized carbons (Fsp3) is 0.0909. The summed E-state index contributed by atoms with van der Waals surface area (Å²) in [5.41, 5.74) is -0.0771. The molecule has 1 aromatic heterocycles. The average Bonchev–Trinajstić information content (AvgIpc) is 2.91. The normalized spacial score (nSPS) is 10.0. The lowest BCUT2D eigenvalue weighted by Gasteiger charge is -2.07. The SMILES string of the molecule is O=C(NCc1ncon1)Nc1ccc(O)c(C(=O)O)c1. The van der Waals surface area contributed by atoms with E-state index < -0.39 is 12.0 Å². The number of anilines is 1. The van der Waals surface area contributed by atoms with Gasteiger partial charge in [0, 0.05) is 5.69 Å². The molecule has 2 rings (SSSR count). The third-order valence-corrected chi connectivity index (χ3v) is 2.30. The number of amides is 2. The summed E-state index contributed by atoms with van der Waals surface area (Å²) in [4.78, 5) is 26.1. The van der Waals surface area contributed by atoms with E-state index in [4.69, 9.17) is 5.11 Å². The first-order valence-electron chi connectivity index (χ1n) is 5.42. The van der Waals surface area contributed by atoms with Crippen molar-refractivity contribution in [3.05, 3.63) is 36.0 Å². The molecule has 0 unspecified atom stereocenters. The van der Waals surface area contributed by atoms with E-state index in [2.05, 4.69) is 25.3 Å². The van der Waals surface area contributed by atoms with Crippen LogP contribution in [0, 0.1) is 0 Å². The Labute approximate surface area is 112 Å². The molecule has 0 aliphatic heterocycles. The van der Waals surface area contributed by atoms with Crippen LogP contribution in [0.15, 0.2) is 29.1 Å². The maximum absolute atomic E-state index is 11.6. The van der Waals surface area contributed by atoms with E-state index in [0.717, 1.165) is 12.5 Å². The molecule has 0 atom stereocenters. The summed E-state index contributed by atoms with van der Waals surface area (Å²) in [6, 6.07) is 3.12. The summed E-state index contributed by atoms with van der Waals surface area (Å²) in [5, 5.41) is 26.5. The maximum atomic E-state index is 11.6. The zero-order chi connectivity index (χ0) is 14.5. The molecule has 0 spiro atoms. The van der Waals surface area contributed by atoms with Crippen molar-refractivity contribution in [2.24, 2.45) is 0 Å². The van der Waals surface area contributed by atoms with Crippen LogP contribution in [0.1, 0.15) is 16.2 Å². The predicted octanol–water partition coefficient (Wildman–Crippen LogP) is 0.795. The molecule has 0 aliphatic carbocycles. The number of carboxylic acid groups (broad SMARTS) is 1. The summed E-state index contributed by atoms with van der Waals surface area (Å²) in [7, 11) is 0. The minimum atomic E-state index is -1.29. The van der Waals surface area contributed by atoms with Crippen LogP contribution < -0.4 is 10.6 Å². The average molecular weight is 278 g/mol. The molecule has 1 heterocycles. The monoisotopic (exact) mass is 278 g/mol. The van der Waals surface area contributed by atoms with Crippen LogP contribution in [0.5, 0.6) is 5.75 Å². The quantitative estimate of drug-likeness (QED) is 0.606. The van der Waals surface area contributed by atoms with Gasteiger partial charge in [-0.25, -0.2) is 9.59 Å². The molecule has 0 bridgehead atoms. The molecule has 0 saturated heterocycles. The number of aromatic carboxylic acids is 1. The second kappa shape index (κ2) is 5.69. The topological polar surface area (TPSA) is 138 Å². The van der Waals surface area contributed by atoms with Gasteiger partial charge in [0.1, 0.15) is 11.3 Å². The third kappa shape index (κ3) is 3.22. The molecule has 1 aromatic carbocycles. The van der Waals surface area contributed by atoms with Crippen molar-refractivity contribution < 1.29 is 24.3 Å². The summed E-state index contributed by atoms with van der Waals surface area (Å²) < 4.78 is 4.49. The number of benzene rings is 1. The highest BCUT2D eigenvalue weighted by Crippen LogP contribution is 2.21. The van der Waals surface area contributed by atoms with Gasteiger partial charge in [-0.1, -0.05) is 5.16 Å². The Morgan fingerprint density at radius 3 is 2.80 bits per heavy atom. The van der Waals surface area contributed by atoms with Gasteiger partial charge in [-0.15, -0.1) is 0 Å². The smallest absolute Gasteiger partial charge is 0.339 e. The van der Waals surface area contributed by atoms with Crippen molar-refractivity contribution in [3.8, 4) is 5.75 Å². The largest absolute Gasteiger partial charge is 0.507 e. The van der Waals surface area contributed by atoms with Crippen LogP contribution >= 0.6 is 0 Å². The lowest BCUT2D eigenvalue weighted by molar-refractivity contribution is 0.0693. The predicted molar refractivity (Wildman–Crippen MR) is 65.2 cm³/mol. The molecule has 2 amide bonds. The number of aromatic hydroxyl groups is 1. The summed E-state index contributed by atoms with van der Waals surface area (Å²) in [6.45, 7) is 0.0617. The van der Waals surface area contributed by atoms with Crippen molar-refractivity contribution in [2.75, 3.05) is 5.32 Å². The van der Waals surface area contributed by atoms with Crippen LogP contribution in [-0.4, -0.2) is 32.4 Å². The van der Waals surface area contributed by atoms with E-state index in [1.807, 2.05) is 0 Å². The highest BCUT2D eigenvalue weighted by Gasteiger charge is 2.11. The second-order valence-corrected chi connectivity index (χ2v) is 3.69. The number of nitrogens with one attached hydrogen (secondary N) is 2. The van der Waals surface area contributed by atoms with E-state index in [-0.39, 0.29) is 23.5 Å². The standard InChI is InChI=1S/C11H10N4O5/c16-8-2-1-6(3-7(8)10(17)18)14-11(19)12-4-9-13-5-20-15-9/h1-3,5,16H,4H2,(H,17,18)(H2,12,14,19). The van der Waals surface area contributed by atoms with Crippen molar-refractivity contribution >= 4 is 17.7 Å². The number of carboxylic acids is 1. The van der Waals surface area contributed by atoms with Crippen LogP contribution in [0.4, 0.5) is 10.5 Å². The molecule has 4 N–H and O–H groups in total. The molecular weight excluding hydrogens is 268 g/mol. The van der Waals surface area contributed by atoms with E-state index in [9.17, 15) is 14.7 Å². The molecule has 0 aliphatic rings. The molecule has 2 aromatic rings. The fourth-order valence-corrected chi connectivity index (χ4v) is 1.39. The van der Waals surface area contributed by atoms with Gasteiger partial charge < -0.3 is 25.4 Å². The molecule has 104 valence electrons. The fourth-order valence-electron chi connectivity index (χ4n) is 1.39. The molecule has 0 fully saturated rings. The highest BCUT2D eigenvalue weighted by atomic mass is 16.5. The molecule has 9 nitrogen and oxygen atoms in total. The number of carbonyl (C=O) groups is 2. The van der Waals surface area contributed by atoms with Gasteiger partial charge in [-0.2, -0.15) is 4.98 Å². The van der Waals surface area contributed by atoms with E-state index >= 15 is 0 Å². The summed E-state index contributed by atoms with van der Waals surface area (Å²) in [5.74, 6) is -1.37. The molecular formula is C11H10N4O5. The first kappa shape index (κ1) is 13.3. The van der Waals surface area contributed by atoms with Gasteiger partial charge in [0.2, 0.25) is 6.39 Å². The van der Waals surface area contributed by atoms with E-state index in [0.29, 0.717) is 5.82 Å². The number of urea groups is 1. The van der Waals surface area contributed by atoms with Gasteiger partial charge in [-0.3, -0.25) is 0 Å². The number of hydrogen-bond donors (Lipinski definition) is 4. The molecule has 20 heavy (non-hydrogen) atoms. The first-order valence-corrected chi connectivity index (χ1v) is 5.42. The Morgan fingerprint density at radius 2 is 2.15 bits per heavy atom. The molecule has 9 heteroatoms. The Morgan fingerprint density at radius 1 is 1.35 bits per heavy atom. The second-order valence-electron chi connectivity index (χ2n) is 3.69. The third-order valence-electron chi connectivity index (χ3n) is 2.30. The number of aromatic nitrogens is 2. The number of hydrogen-bond acceptors (Lipinski definition) is 6. The van der Waals surface area contributed by atoms with Gasteiger partial charge in [0.05, 0.1) is 6.54 Å². The van der Waals surface area contributed by atoms with Crippen molar-refractivity contribution in [3.63, 3.8) is 0 Å². The first-order chi connectivity index (χ1) is 9.56. The van der Waals surface area contributed by atoms with Crippen LogP contribution in [0.2, 0.25) is 0 Å². The van der Waals surface area contributed by atoms with Crippen LogP contribution in [-0.2, 0) is 6.54 Å². The minimum absolute atomic E-state index is 0.0617. The number of rotatable bonds is 4. The zero-order valence-corrected chi connectivity index (χ0v) is 10.0. The Balaban J connectivity index is 1.97. The number of carbonyl (C=O) groups excluding carboxylic acids is 1. The van der Waals surface area contributed by atoms with Gasteiger partial charge in [-0.05, 0) is 18.2 Å². The van der Waals surface area contributed by atoms with Gasteiger partial charge >= 0.3 is 12.0 Å². The van der Waals surface area contributed by atoms with Crippen molar-refractivity contribution in [1.82, 2.24) is 15.5 Å². The maximum Gasteiger partial charge on any atom is 0.339 e. The van der Waals surface area contributed by atoms with Gasteiger partial charge in [0.25, 0.3) is 0 Å². The lowest BCUT2D eigenvalue weighted by Crippen LogP contribution is -2.28. The minimum Gasteiger partial charge on any atom is -0.507 e. The number of phenols is 1. The van der Waals surface area contributed by atoms with Gasteiger partial charge in [0.15, 0.2) is 5.82 Å². The Bertz CT molecular complexity index is 626.